The molecule has 10 nitrogen and oxygen atoms in total. The van der Waals surface area contributed by atoms with Crippen LogP contribution in [-0.4, -0.2) is 69.9 Å². The summed E-state index contributed by atoms with van der Waals surface area (Å²) in [4.78, 5) is 55.9. The van der Waals surface area contributed by atoms with Gasteiger partial charge in [0, 0.05) is 21.0 Å². The molecule has 0 aliphatic heterocycles. The lowest BCUT2D eigenvalue weighted by molar-refractivity contribution is -0.173. The number of aromatic hydroxyl groups is 1. The van der Waals surface area contributed by atoms with Crippen molar-refractivity contribution in [2.24, 2.45) is 28.9 Å². The highest BCUT2D eigenvalue weighted by Gasteiger charge is 2.67. The number of likely N-dealkylation sites (N-methyl/N-ethyl adjacent to an activating group) is 1. The molecule has 0 heterocycles. The van der Waals surface area contributed by atoms with Crippen LogP contribution < -0.4 is 5.73 Å². The van der Waals surface area contributed by atoms with Crippen LogP contribution in [0.2, 0.25) is 0 Å². The van der Waals surface area contributed by atoms with E-state index < -0.39 is 75.8 Å². The van der Waals surface area contributed by atoms with Crippen LogP contribution in [-0.2, 0) is 19.1 Å². The lowest BCUT2D eigenvalue weighted by atomic mass is 9.51. The van der Waals surface area contributed by atoms with E-state index in [-0.39, 0.29) is 22.8 Å². The summed E-state index contributed by atoms with van der Waals surface area (Å²) in [5.41, 5.74) is 3.37. The quantitative estimate of drug-likeness (QED) is 0.211. The second kappa shape index (κ2) is 10.4. The Bertz CT molecular complexity index is 1430. The first-order valence-electron chi connectivity index (χ1n) is 13.9. The first-order valence-corrected chi connectivity index (χ1v) is 15.0. The van der Waals surface area contributed by atoms with Crippen LogP contribution in [0.5, 0.6) is 5.75 Å². The Hall–Kier alpha value is -2.93. The van der Waals surface area contributed by atoms with Gasteiger partial charge in [0.05, 0.1) is 22.9 Å². The van der Waals surface area contributed by atoms with Crippen molar-refractivity contribution < 1.29 is 39.2 Å². The van der Waals surface area contributed by atoms with Crippen molar-refractivity contribution in [2.45, 2.75) is 64.0 Å². The van der Waals surface area contributed by atoms with Gasteiger partial charge in [0.25, 0.3) is 5.91 Å². The number of Topliss-reactive ketones (excluding diaryl/α,β-unsaturated/α-hetero) is 2. The zero-order valence-corrected chi connectivity index (χ0v) is 25.6. The van der Waals surface area contributed by atoms with Crippen molar-refractivity contribution in [1.82, 2.24) is 4.90 Å². The fourth-order valence-corrected chi connectivity index (χ4v) is 8.59. The minimum Gasteiger partial charge on any atom is -0.511 e. The number of nitrogens with two attached hydrogens (primary N) is 1. The molecule has 1 fully saturated rings. The van der Waals surface area contributed by atoms with E-state index in [0.717, 1.165) is 19.3 Å². The van der Waals surface area contributed by atoms with Gasteiger partial charge in [-0.05, 0) is 80.1 Å². The maximum atomic E-state index is 14.1. The molecule has 41 heavy (non-hydrogen) atoms. The van der Waals surface area contributed by atoms with Gasteiger partial charge in [0.15, 0.2) is 11.6 Å². The highest BCUT2D eigenvalue weighted by atomic mass is 127. The number of nitrogens with zero attached hydrogens (tertiary/aromatic N) is 1. The number of esters is 1. The molecule has 6 atom stereocenters. The third kappa shape index (κ3) is 4.21. The van der Waals surface area contributed by atoms with E-state index in [1.807, 2.05) is 6.92 Å². The molecule has 4 aliphatic rings. The summed E-state index contributed by atoms with van der Waals surface area (Å²) in [6, 6.07) is 2.03. The molecule has 4 aliphatic carbocycles. The largest absolute Gasteiger partial charge is 0.511 e. The molecule has 0 radical (unpaired) electrons. The average Bonchev–Trinajstić information content (AvgIpc) is 2.91. The number of phenolic OH excluding ortho intramolecular Hbond substituents is 1. The van der Waals surface area contributed by atoms with Crippen molar-refractivity contribution in [2.75, 3.05) is 14.1 Å². The number of phenols is 1. The molecule has 1 aromatic rings. The summed E-state index contributed by atoms with van der Waals surface area (Å²) in [5, 5.41) is 34.0. The summed E-state index contributed by atoms with van der Waals surface area (Å²) in [5.74, 6) is -7.51. The number of aliphatic hydroxyl groups is 2. The van der Waals surface area contributed by atoms with Gasteiger partial charge in [0.1, 0.15) is 28.9 Å². The monoisotopic (exact) mass is 678 g/mol. The van der Waals surface area contributed by atoms with Gasteiger partial charge >= 0.3 is 5.97 Å². The summed E-state index contributed by atoms with van der Waals surface area (Å²) in [6.45, 7) is 3.22. The Morgan fingerprint density at radius 1 is 1.10 bits per heavy atom. The Morgan fingerprint density at radius 2 is 1.73 bits per heavy atom. The second-order valence-electron chi connectivity index (χ2n) is 12.1. The predicted molar refractivity (Wildman–Crippen MR) is 156 cm³/mol. The number of carbonyl (C=O) groups is 4. The molecule has 5 N–H and O–H groups in total. The van der Waals surface area contributed by atoms with Crippen molar-refractivity contribution in [3.8, 4) is 5.75 Å². The van der Waals surface area contributed by atoms with E-state index in [0.29, 0.717) is 22.0 Å². The van der Waals surface area contributed by atoms with Gasteiger partial charge in [-0.25, -0.2) is 0 Å². The Morgan fingerprint density at radius 3 is 2.32 bits per heavy atom. The maximum Gasteiger partial charge on any atom is 0.309 e. The van der Waals surface area contributed by atoms with Gasteiger partial charge in [-0.2, -0.15) is 0 Å². The Balaban J connectivity index is 1.80. The summed E-state index contributed by atoms with van der Waals surface area (Å²) < 4.78 is 7.04. The minimum absolute atomic E-state index is 0.0162. The highest BCUT2D eigenvalue weighted by Crippen LogP contribution is 2.60. The first kappa shape index (κ1) is 29.6. The van der Waals surface area contributed by atoms with Gasteiger partial charge < -0.3 is 25.8 Å². The molecule has 0 saturated heterocycles. The third-order valence-electron chi connectivity index (χ3n) is 9.66. The fraction of sp³-hybridized carbons (Fsp3) is 0.533. The zero-order chi connectivity index (χ0) is 30.1. The molecule has 220 valence electrons. The topological polar surface area (TPSA) is 167 Å². The summed E-state index contributed by atoms with van der Waals surface area (Å²) in [7, 11) is 3.27. The number of rotatable bonds is 4. The lowest BCUT2D eigenvalue weighted by Gasteiger charge is -2.55. The van der Waals surface area contributed by atoms with Crippen LogP contribution in [0.15, 0.2) is 34.8 Å². The summed E-state index contributed by atoms with van der Waals surface area (Å²) in [6.07, 6.45) is 2.95. The number of ether oxygens (including phenoxy) is 1. The van der Waals surface area contributed by atoms with Crippen molar-refractivity contribution >= 4 is 46.0 Å². The number of amides is 1. The van der Waals surface area contributed by atoms with Crippen LogP contribution in [0, 0.1) is 26.7 Å². The fourth-order valence-electron chi connectivity index (χ4n) is 7.65. The van der Waals surface area contributed by atoms with E-state index in [9.17, 15) is 34.5 Å². The Labute approximate surface area is 251 Å². The number of primary amides is 1. The first-order chi connectivity index (χ1) is 19.2. The molecular formula is C30H35IN2O8. The number of hydrogen-bond donors (Lipinski definition) is 4. The standard InChI is InChI=1S/C30H35IN2O8/c1-12-16-14(31)10-11-15(34)18(16)23(35)19-17(12)25(41-29(40)13-8-6-5-7-9-13)21-22(33(3)4)24(36)20(28(32)39)27(38)30(21,2)26(19)37/h10-13,17,21-22,25,34,36-37H,5-9H2,1-4H3,(H2,32,39)/t12?,17?,21?,22-,25?,30+/m0/s1. The summed E-state index contributed by atoms with van der Waals surface area (Å²) >= 11 is 2.08. The molecule has 4 unspecified atom stereocenters. The molecule has 1 amide bonds. The third-order valence-corrected chi connectivity index (χ3v) is 10.6. The predicted octanol–water partition coefficient (Wildman–Crippen LogP) is 3.66. The number of hydrogen-bond acceptors (Lipinski definition) is 9. The van der Waals surface area contributed by atoms with Crippen LogP contribution >= 0.6 is 22.6 Å². The molecule has 1 saturated carbocycles. The van der Waals surface area contributed by atoms with E-state index >= 15 is 0 Å². The molecule has 0 bridgehead atoms. The molecule has 5 rings (SSSR count). The van der Waals surface area contributed by atoms with Gasteiger partial charge in [-0.3, -0.25) is 24.1 Å². The Kier molecular flexibility index (Phi) is 7.50. The van der Waals surface area contributed by atoms with Crippen molar-refractivity contribution in [1.29, 1.82) is 0 Å². The number of aliphatic hydroxyl groups excluding tert-OH is 2. The van der Waals surface area contributed by atoms with E-state index in [4.69, 9.17) is 10.5 Å². The second-order valence-corrected chi connectivity index (χ2v) is 13.2. The maximum absolute atomic E-state index is 14.1. The molecular weight excluding hydrogens is 643 g/mol. The lowest BCUT2D eigenvalue weighted by Crippen LogP contribution is -2.64. The number of fused-ring (bicyclic) bond motifs is 3. The van der Waals surface area contributed by atoms with E-state index in [1.165, 1.54) is 13.0 Å². The number of allylic oxidation sites excluding steroid dienone is 1. The van der Waals surface area contributed by atoms with E-state index in [2.05, 4.69) is 22.6 Å². The van der Waals surface area contributed by atoms with Crippen LogP contribution in [0.1, 0.15) is 67.8 Å². The number of halogens is 1. The highest BCUT2D eigenvalue weighted by molar-refractivity contribution is 14.1. The number of benzene rings is 1. The van der Waals surface area contributed by atoms with Gasteiger partial charge in [-0.15, -0.1) is 0 Å². The molecule has 0 aromatic heterocycles. The SMILES string of the molecule is CC1c2c(I)ccc(O)c2C(=O)C2=C(O)[C@]3(C)C(=O)C(C(N)=O)=C(O)[C@@H](N(C)C)C3C(OC(=O)C3CCCCC3)C21. The van der Waals surface area contributed by atoms with Crippen molar-refractivity contribution in [3.63, 3.8) is 0 Å². The molecule has 11 heteroatoms. The van der Waals surface area contributed by atoms with Gasteiger partial charge in [-0.1, -0.05) is 26.2 Å². The zero-order valence-electron chi connectivity index (χ0n) is 23.4. The number of ketones is 2. The van der Waals surface area contributed by atoms with Gasteiger partial charge in [0.2, 0.25) is 0 Å². The van der Waals surface area contributed by atoms with Crippen LogP contribution in [0.3, 0.4) is 0 Å². The average molecular weight is 679 g/mol. The van der Waals surface area contributed by atoms with E-state index in [1.54, 1.807) is 25.1 Å². The normalized spacial score (nSPS) is 32.0. The molecule has 1 aromatic carbocycles. The smallest absolute Gasteiger partial charge is 0.309 e. The molecule has 0 spiro atoms. The number of carbonyl (C=O) groups excluding carboxylic acids is 4. The minimum atomic E-state index is -1.95. The van der Waals surface area contributed by atoms with Crippen LogP contribution in [0.25, 0.3) is 0 Å². The van der Waals surface area contributed by atoms with Crippen LogP contribution in [0.4, 0.5) is 0 Å². The van der Waals surface area contributed by atoms with Crippen molar-refractivity contribution in [3.05, 3.63) is 49.5 Å².